The Morgan fingerprint density at radius 2 is 0.470 bits per heavy atom. The first kappa shape index (κ1) is 105. The summed E-state index contributed by atoms with van der Waals surface area (Å²) < 4.78 is 119. The molecule has 0 aromatic heterocycles. The molecular weight excluding hydrogens is 1950 g/mol. The van der Waals surface area contributed by atoms with E-state index in [4.69, 9.17) is 125 Å². The summed E-state index contributed by atoms with van der Waals surface area (Å²) in [7, 11) is -14.2. The molecule has 0 aliphatic heterocycles. The molecule has 0 heterocycles. The minimum absolute atomic E-state index is 0.0693. The Labute approximate surface area is 783 Å². The zero-order chi connectivity index (χ0) is 84.0. The van der Waals surface area contributed by atoms with Crippen LogP contribution in [0.5, 0.6) is 0 Å². The Hall–Kier alpha value is 7.48. The topological polar surface area (TPSA) is 138 Å². The molecule has 0 aromatic carbocycles. The van der Waals surface area contributed by atoms with Crippen molar-refractivity contribution >= 4 is 239 Å². The summed E-state index contributed by atoms with van der Waals surface area (Å²) in [4.78, 5) is 0. The molecule has 11 aliphatic carbocycles. The molecule has 0 aromatic rings. The van der Waals surface area contributed by atoms with Crippen LogP contribution < -0.4 is 0 Å². The average molecular weight is 2100 g/mol. The van der Waals surface area contributed by atoms with Gasteiger partial charge in [0, 0.05) is 131 Å². The van der Waals surface area contributed by atoms with Crippen LogP contribution in [0.15, 0.2) is 0 Å². The molecule has 117 heavy (non-hydrogen) atoms. The largest absolute Gasteiger partial charge is 0.583 e. The minimum atomic E-state index is -4.18. The molecule has 692 valence electrons. The summed E-state index contributed by atoms with van der Waals surface area (Å²) >= 11 is 34.1. The second-order valence-electron chi connectivity index (χ2n) is 33.5. The van der Waals surface area contributed by atoms with Gasteiger partial charge in [-0.05, 0) is 373 Å². The summed E-state index contributed by atoms with van der Waals surface area (Å²) in [6.45, 7) is 39.4. The highest BCUT2D eigenvalue weighted by molar-refractivity contribution is 9.50. The summed E-state index contributed by atoms with van der Waals surface area (Å²) in [5, 5.41) is 0.286. The van der Waals surface area contributed by atoms with E-state index in [0.29, 0.717) is 158 Å². The fraction of sp³-hybridized carbons (Fsp3) is 1.00. The first-order valence-corrected chi connectivity index (χ1v) is 84.9. The molecule has 11 aliphatic rings. The lowest BCUT2D eigenvalue weighted by Crippen LogP contribution is -2.72. The molecule has 11 fully saturated rings. The zero-order valence-electron chi connectivity index (χ0n) is 73.3. The fourth-order valence-corrected chi connectivity index (χ4v) is 185. The van der Waals surface area contributed by atoms with Gasteiger partial charge in [-0.15, -0.1) is 98.8 Å². The third kappa shape index (κ3) is 20.6. The summed E-state index contributed by atoms with van der Waals surface area (Å²) in [6, 6.07) is 0. The number of fused-ring (bicyclic) bond motifs is 10. The van der Waals surface area contributed by atoms with Gasteiger partial charge >= 0.3 is 39.8 Å². The Morgan fingerprint density at radius 1 is 0.248 bits per heavy atom. The van der Waals surface area contributed by atoms with Gasteiger partial charge in [0.05, 0.1) is 4.08 Å². The molecule has 40 heteroatoms. The van der Waals surface area contributed by atoms with Crippen LogP contribution in [0.25, 0.3) is 0 Å². The highest BCUT2D eigenvalue weighted by atomic mass is 33.8. The van der Waals surface area contributed by atoms with Crippen molar-refractivity contribution in [3.05, 3.63) is 0 Å². The van der Waals surface area contributed by atoms with Crippen LogP contribution in [0.1, 0.15) is 290 Å². The quantitative estimate of drug-likeness (QED) is 0.0224. The van der Waals surface area contributed by atoms with Crippen LogP contribution >= 0.6 is 199 Å². The normalized spacial score (nSPS) is 36.1. The van der Waals surface area contributed by atoms with Gasteiger partial charge in [0.25, 0.3) is 0 Å². The van der Waals surface area contributed by atoms with E-state index in [9.17, 15) is 0 Å². The maximum absolute atomic E-state index is 8.13. The van der Waals surface area contributed by atoms with E-state index >= 15 is 0 Å². The van der Waals surface area contributed by atoms with Crippen molar-refractivity contribution in [1.29, 1.82) is 0 Å². The summed E-state index contributed by atoms with van der Waals surface area (Å²) in [6.07, 6.45) is 32.2. The van der Waals surface area contributed by atoms with Gasteiger partial charge in [0.1, 0.15) is 4.08 Å². The van der Waals surface area contributed by atoms with Crippen molar-refractivity contribution in [3.8, 4) is 0 Å². The molecule has 21 unspecified atom stereocenters. The first-order chi connectivity index (χ1) is 56.7. The van der Waals surface area contributed by atoms with Crippen LogP contribution in [-0.2, 0) is 66.4 Å². The average Bonchev–Trinajstić information content (AvgIpc) is 1.61. The van der Waals surface area contributed by atoms with Gasteiger partial charge in [0.2, 0.25) is 0 Å². The third-order valence-corrected chi connectivity index (χ3v) is 140. The molecule has 21 atom stereocenters. The smallest absolute Gasteiger partial charge is 0.365 e. The van der Waals surface area contributed by atoms with Crippen LogP contribution in [0.4, 0.5) is 0 Å². The standard InChI is InChI=1S/C77H154O15S20Si5/c1-16-78-113(79-17-2,80-18-3)103-108(98-93,70-55-60-39-44-65(70)50-60)75-38-36-34-32-31-33-35-37-49-76(109(99-94,71-56-61-40-45-66(71)51-61)104-114(81-19-4,82-20-5)83-21-6,110(100-95,72-57-62-41-46-67(72)52-62)105-115(84-22-7,85-23-8)86-24-9)77(75,111(101-96,73-58-63-42-47-68(73)53-63)106-116(87-25-10,88-26-11)89-27-12)112(102-97,74-59-64-43-48-69(74)54-64)107-117(90-28-13,91-29-14)92-30-15/h60-75,93-97H,16-59H2,1-15H3. The predicted octanol–water partition coefficient (Wildman–Crippen LogP) is 28.7. The van der Waals surface area contributed by atoms with Crippen molar-refractivity contribution in [1.82, 2.24) is 0 Å². The monoisotopic (exact) mass is 2100 g/mol. The van der Waals surface area contributed by atoms with Gasteiger partial charge in [-0.3, -0.25) is 0 Å². The van der Waals surface area contributed by atoms with E-state index < -0.39 is 88.4 Å². The SMILES string of the molecule is CCO[Si](OCC)(OCC)SS(SS)(C1CC2CCC1C2)C1CCCCCCCCCC(S(SS)(S[Si](OCC)(OCC)OCC)C2CC3CCC2C3)(S(SS)(S[Si](OCC)(OCC)OCC)C2CC3CCC2C3)C1(S(SS)(S[Si](OCC)(OCC)OCC)C1CC2CCC1C2)S(SS)(S[Si](OCC)(OCC)OCC)C1CC2CCC1C2. The van der Waals surface area contributed by atoms with E-state index in [1.54, 1.807) is 0 Å². The molecule has 0 N–H and O–H groups in total. The van der Waals surface area contributed by atoms with E-state index in [-0.39, 0.29) is 31.5 Å². The lowest BCUT2D eigenvalue weighted by molar-refractivity contribution is 0.0962. The van der Waals surface area contributed by atoms with E-state index in [0.717, 1.165) is 122 Å². The predicted molar refractivity (Wildman–Crippen MR) is 559 cm³/mol. The first-order valence-electron chi connectivity index (χ1n) is 45.5. The number of hydrogen-bond donors (Lipinski definition) is 5. The van der Waals surface area contributed by atoms with Gasteiger partial charge in [-0.25, -0.2) is 0 Å². The van der Waals surface area contributed by atoms with Crippen LogP contribution in [-0.4, -0.2) is 179 Å². The molecular formula is C77H154O15S20Si5. The molecule has 15 nitrogen and oxygen atoms in total. The Balaban J connectivity index is 1.65. The summed E-state index contributed by atoms with van der Waals surface area (Å²) in [5.41, 5.74) is 0. The summed E-state index contributed by atoms with van der Waals surface area (Å²) in [5.74, 6) is 4.24. The van der Waals surface area contributed by atoms with Crippen molar-refractivity contribution in [2.45, 2.75) is 330 Å². The molecule has 0 saturated heterocycles. The third-order valence-electron chi connectivity index (χ3n) is 27.5. The molecule has 11 saturated carbocycles. The van der Waals surface area contributed by atoms with Crippen LogP contribution in [0, 0.1) is 59.2 Å². The maximum atomic E-state index is 8.13. The van der Waals surface area contributed by atoms with Crippen molar-refractivity contribution in [2.75, 3.05) is 99.1 Å². The Morgan fingerprint density at radius 3 is 0.692 bits per heavy atom. The lowest BCUT2D eigenvalue weighted by Gasteiger charge is -2.84. The number of hydrogen-bond acceptors (Lipinski definition) is 30. The highest BCUT2D eigenvalue weighted by Gasteiger charge is 2.91. The molecule has 0 amide bonds. The molecule has 0 radical (unpaired) electrons. The Bertz CT molecular complexity index is 2790. The van der Waals surface area contributed by atoms with E-state index in [1.807, 2.05) is 49.1 Å². The van der Waals surface area contributed by atoms with Crippen molar-refractivity contribution < 1.29 is 66.4 Å². The van der Waals surface area contributed by atoms with Crippen molar-refractivity contribution in [3.63, 3.8) is 0 Å². The van der Waals surface area contributed by atoms with Crippen molar-refractivity contribution in [2.24, 2.45) is 59.2 Å². The zero-order valence-corrected chi connectivity index (χ0v) is 95.1. The van der Waals surface area contributed by atoms with Crippen LogP contribution in [0.3, 0.4) is 0 Å². The molecule has 10 bridgehead atoms. The fourth-order valence-electron chi connectivity index (χ4n) is 24.0. The Kier molecular flexibility index (Phi) is 43.0. The van der Waals surface area contributed by atoms with Crippen LogP contribution in [0.2, 0.25) is 0 Å². The highest BCUT2D eigenvalue weighted by Crippen LogP contribution is 3.15. The molecule has 0 spiro atoms. The van der Waals surface area contributed by atoms with Gasteiger partial charge < -0.3 is 66.4 Å². The van der Waals surface area contributed by atoms with E-state index in [1.165, 1.54) is 64.2 Å². The second-order valence-corrected chi connectivity index (χ2v) is 102. The van der Waals surface area contributed by atoms with Gasteiger partial charge in [0.15, 0.2) is 0 Å². The molecule has 11 rings (SSSR count). The second kappa shape index (κ2) is 48.0. The lowest BCUT2D eigenvalue weighted by atomic mass is 9.98. The minimum Gasteiger partial charge on any atom is -0.365 e. The van der Waals surface area contributed by atoms with Gasteiger partial charge in [-0.2, -0.15) is 0 Å². The number of thiol groups is 5. The maximum Gasteiger partial charge on any atom is 0.583 e. The van der Waals surface area contributed by atoms with Gasteiger partial charge in [-0.1, -0.05) is 77.0 Å². The van der Waals surface area contributed by atoms with E-state index in [2.05, 4.69) is 155 Å². The number of rotatable bonds is 55.